The Morgan fingerprint density at radius 3 is 2.77 bits per heavy atom. The number of carbonyl (C=O) groups is 1. The Balaban J connectivity index is 1.52. The van der Waals surface area contributed by atoms with E-state index in [1.807, 2.05) is 6.07 Å². The first kappa shape index (κ1) is 20.5. The monoisotopic (exact) mass is 442 g/mol. The van der Waals surface area contributed by atoms with Crippen LogP contribution < -0.4 is 11.0 Å². The van der Waals surface area contributed by atoms with Crippen molar-refractivity contribution in [1.29, 1.82) is 0 Å². The highest BCUT2D eigenvalue weighted by molar-refractivity contribution is 7.16. The number of aryl methyl sites for hydroxylation is 1. The molecule has 0 saturated heterocycles. The number of rotatable bonds is 6. The summed E-state index contributed by atoms with van der Waals surface area (Å²) < 4.78 is 28.8. The zero-order valence-electron chi connectivity index (χ0n) is 16.2. The molecule has 1 aromatic carbocycles. The minimum atomic E-state index is -0.998. The molecule has 0 saturated carbocycles. The summed E-state index contributed by atoms with van der Waals surface area (Å²) in [4.78, 5) is 34.0. The fourth-order valence-corrected chi connectivity index (χ4v) is 3.78. The predicted molar refractivity (Wildman–Crippen MR) is 109 cm³/mol. The highest BCUT2D eigenvalue weighted by Crippen LogP contribution is 2.20. The molecule has 4 rings (SSSR count). The molecule has 3 heterocycles. The fraction of sp³-hybridized carbons (Fsp3) is 0.150. The summed E-state index contributed by atoms with van der Waals surface area (Å²) in [7, 11) is 0. The van der Waals surface area contributed by atoms with Gasteiger partial charge < -0.3 is 5.32 Å². The van der Waals surface area contributed by atoms with Gasteiger partial charge in [-0.25, -0.2) is 27.8 Å². The molecule has 0 atom stereocenters. The van der Waals surface area contributed by atoms with Crippen LogP contribution in [0.4, 0.5) is 8.78 Å². The first-order chi connectivity index (χ1) is 14.9. The first-order valence-corrected chi connectivity index (χ1v) is 9.98. The SMILES string of the molecule is Cc1nc(-n2cnn(Cc3ccc(F)c(F)c3)c2=O)sc1C(=O)NCc1ccccn1. The number of pyridine rings is 1. The summed E-state index contributed by atoms with van der Waals surface area (Å²) in [6.07, 6.45) is 2.91. The lowest BCUT2D eigenvalue weighted by Crippen LogP contribution is -2.24. The van der Waals surface area contributed by atoms with E-state index >= 15 is 0 Å². The number of hydrogen-bond acceptors (Lipinski definition) is 6. The second-order valence-corrected chi connectivity index (χ2v) is 7.58. The van der Waals surface area contributed by atoms with Crippen LogP contribution in [0.25, 0.3) is 5.13 Å². The third-order valence-corrected chi connectivity index (χ3v) is 5.56. The summed E-state index contributed by atoms with van der Waals surface area (Å²) in [6, 6.07) is 8.79. The highest BCUT2D eigenvalue weighted by Gasteiger charge is 2.18. The van der Waals surface area contributed by atoms with Gasteiger partial charge in [0.2, 0.25) is 0 Å². The Labute approximate surface area is 178 Å². The quantitative estimate of drug-likeness (QED) is 0.495. The largest absolute Gasteiger partial charge is 0.352 e. The third kappa shape index (κ3) is 4.40. The van der Waals surface area contributed by atoms with Crippen LogP contribution in [0.2, 0.25) is 0 Å². The van der Waals surface area contributed by atoms with Crippen LogP contribution >= 0.6 is 11.3 Å². The van der Waals surface area contributed by atoms with Crippen molar-refractivity contribution < 1.29 is 13.6 Å². The molecule has 0 aliphatic heterocycles. The number of carbonyl (C=O) groups excluding carboxylic acids is 1. The van der Waals surface area contributed by atoms with E-state index < -0.39 is 17.3 Å². The molecule has 4 aromatic rings. The topological polar surface area (TPSA) is 94.7 Å². The van der Waals surface area contributed by atoms with Crippen LogP contribution in [0.5, 0.6) is 0 Å². The second kappa shape index (κ2) is 8.56. The molecule has 0 bridgehead atoms. The lowest BCUT2D eigenvalue weighted by atomic mass is 10.2. The van der Waals surface area contributed by atoms with E-state index in [9.17, 15) is 18.4 Å². The van der Waals surface area contributed by atoms with Crippen molar-refractivity contribution in [1.82, 2.24) is 29.6 Å². The molecule has 0 aliphatic rings. The molecule has 1 N–H and O–H groups in total. The Morgan fingerprint density at radius 2 is 2.03 bits per heavy atom. The number of nitrogens with one attached hydrogen (secondary N) is 1. The van der Waals surface area contributed by atoms with Gasteiger partial charge in [-0.3, -0.25) is 9.78 Å². The van der Waals surface area contributed by atoms with Crippen molar-refractivity contribution in [3.05, 3.63) is 92.9 Å². The van der Waals surface area contributed by atoms with E-state index in [0.29, 0.717) is 21.8 Å². The zero-order valence-corrected chi connectivity index (χ0v) is 17.1. The van der Waals surface area contributed by atoms with Gasteiger partial charge >= 0.3 is 5.69 Å². The molecule has 158 valence electrons. The van der Waals surface area contributed by atoms with E-state index in [1.54, 1.807) is 25.3 Å². The number of halogens is 2. The molecule has 0 radical (unpaired) electrons. The average Bonchev–Trinajstić information content (AvgIpc) is 3.32. The average molecular weight is 442 g/mol. The summed E-state index contributed by atoms with van der Waals surface area (Å²) in [5.41, 5.74) is 1.06. The van der Waals surface area contributed by atoms with Gasteiger partial charge in [-0.05, 0) is 36.8 Å². The maximum atomic E-state index is 13.4. The van der Waals surface area contributed by atoms with Crippen LogP contribution in [0.15, 0.2) is 53.7 Å². The van der Waals surface area contributed by atoms with Crippen LogP contribution in [-0.2, 0) is 13.1 Å². The van der Waals surface area contributed by atoms with Crippen molar-refractivity contribution in [3.8, 4) is 5.13 Å². The zero-order chi connectivity index (χ0) is 22.0. The van der Waals surface area contributed by atoms with Crippen molar-refractivity contribution >= 4 is 17.2 Å². The van der Waals surface area contributed by atoms with Crippen molar-refractivity contribution in [2.24, 2.45) is 0 Å². The van der Waals surface area contributed by atoms with Gasteiger partial charge in [0.25, 0.3) is 5.91 Å². The second-order valence-electron chi connectivity index (χ2n) is 6.60. The summed E-state index contributed by atoms with van der Waals surface area (Å²) in [6.45, 7) is 1.90. The lowest BCUT2D eigenvalue weighted by molar-refractivity contribution is 0.0953. The van der Waals surface area contributed by atoms with Crippen molar-refractivity contribution in [2.45, 2.75) is 20.0 Å². The van der Waals surface area contributed by atoms with Crippen LogP contribution in [-0.4, -0.2) is 30.2 Å². The van der Waals surface area contributed by atoms with E-state index in [-0.39, 0.29) is 24.1 Å². The van der Waals surface area contributed by atoms with Gasteiger partial charge in [0.05, 0.1) is 24.5 Å². The maximum absolute atomic E-state index is 13.4. The van der Waals surface area contributed by atoms with Gasteiger partial charge in [-0.1, -0.05) is 23.5 Å². The molecule has 0 unspecified atom stereocenters. The van der Waals surface area contributed by atoms with Crippen LogP contribution in [0.3, 0.4) is 0 Å². The summed E-state index contributed by atoms with van der Waals surface area (Å²) in [5, 5.41) is 7.07. The Hall–Kier alpha value is -3.73. The van der Waals surface area contributed by atoms with Gasteiger partial charge in [0.15, 0.2) is 16.8 Å². The molecule has 8 nitrogen and oxygen atoms in total. The molecule has 0 spiro atoms. The van der Waals surface area contributed by atoms with E-state index in [4.69, 9.17) is 0 Å². The molecular formula is C20H16F2N6O2S. The number of hydrogen-bond donors (Lipinski definition) is 1. The van der Waals surface area contributed by atoms with Gasteiger partial charge in [0.1, 0.15) is 11.2 Å². The molecule has 0 fully saturated rings. The van der Waals surface area contributed by atoms with Crippen molar-refractivity contribution in [2.75, 3.05) is 0 Å². The third-order valence-electron chi connectivity index (χ3n) is 4.40. The molecule has 11 heteroatoms. The summed E-state index contributed by atoms with van der Waals surface area (Å²) in [5.74, 6) is -2.29. The van der Waals surface area contributed by atoms with Gasteiger partial charge in [-0.15, -0.1) is 0 Å². The number of amides is 1. The van der Waals surface area contributed by atoms with E-state index in [1.165, 1.54) is 17.0 Å². The highest BCUT2D eigenvalue weighted by atomic mass is 32.1. The van der Waals surface area contributed by atoms with E-state index in [0.717, 1.165) is 28.2 Å². The Morgan fingerprint density at radius 1 is 1.19 bits per heavy atom. The fourth-order valence-electron chi connectivity index (χ4n) is 2.84. The standard InChI is InChI=1S/C20H16F2N6O2S/c1-12-17(18(29)24-9-14-4-2-3-7-23-14)31-19(26-12)27-11-25-28(20(27)30)10-13-5-6-15(21)16(22)8-13/h2-8,11H,9-10H2,1H3,(H,24,29). The number of thiazole rings is 1. The number of benzene rings is 1. The minimum absolute atomic E-state index is 0.0369. The van der Waals surface area contributed by atoms with Crippen LogP contribution in [0, 0.1) is 18.6 Å². The molecule has 3 aromatic heterocycles. The van der Waals surface area contributed by atoms with Gasteiger partial charge in [-0.2, -0.15) is 5.10 Å². The minimum Gasteiger partial charge on any atom is -0.346 e. The smallest absolute Gasteiger partial charge is 0.346 e. The van der Waals surface area contributed by atoms with Crippen molar-refractivity contribution in [3.63, 3.8) is 0 Å². The molecule has 31 heavy (non-hydrogen) atoms. The van der Waals surface area contributed by atoms with Gasteiger partial charge in [0, 0.05) is 6.20 Å². The normalized spacial score (nSPS) is 10.9. The van der Waals surface area contributed by atoms with E-state index in [2.05, 4.69) is 20.4 Å². The number of aromatic nitrogens is 5. The predicted octanol–water partition coefficient (Wildman–Crippen LogP) is 2.45. The molecular weight excluding hydrogens is 426 g/mol. The maximum Gasteiger partial charge on any atom is 0.352 e. The first-order valence-electron chi connectivity index (χ1n) is 9.16. The van der Waals surface area contributed by atoms with Crippen LogP contribution in [0.1, 0.15) is 26.6 Å². The Bertz CT molecular complexity index is 1300. The number of nitrogens with zero attached hydrogens (tertiary/aromatic N) is 5. The summed E-state index contributed by atoms with van der Waals surface area (Å²) >= 11 is 1.05. The molecule has 1 amide bonds. The lowest BCUT2D eigenvalue weighted by Gasteiger charge is -2.03. The molecule has 0 aliphatic carbocycles. The Kier molecular flexibility index (Phi) is 5.67.